The Hall–Kier alpha value is -5.11. The summed E-state index contributed by atoms with van der Waals surface area (Å²) in [6.45, 7) is 2.79. The molecule has 6 aromatic rings. The molecule has 0 radical (unpaired) electrons. The quantitative estimate of drug-likeness (QED) is 0.141. The number of fused-ring (bicyclic) bond motifs is 2. The zero-order valence-electron chi connectivity index (χ0n) is 25.5. The molecule has 1 N–H and O–H groups in total. The molecule has 0 spiro atoms. The lowest BCUT2D eigenvalue weighted by Crippen LogP contribution is -2.15. The molecule has 6 rings (SSSR count). The van der Waals surface area contributed by atoms with E-state index in [2.05, 4.69) is 0 Å². The van der Waals surface area contributed by atoms with Crippen LogP contribution in [0.15, 0.2) is 103 Å². The number of aliphatic hydroxyl groups is 1. The van der Waals surface area contributed by atoms with Crippen LogP contribution < -0.4 is 10.9 Å². The number of rotatable bonds is 6. The first-order valence-corrected chi connectivity index (χ1v) is 16.1. The highest BCUT2D eigenvalue weighted by molar-refractivity contribution is 7.86. The second kappa shape index (κ2) is 13.6. The van der Waals surface area contributed by atoms with E-state index in [-0.39, 0.29) is 55.7 Å². The molecule has 48 heavy (non-hydrogen) atoms. The van der Waals surface area contributed by atoms with E-state index in [0.717, 1.165) is 30.5 Å². The van der Waals surface area contributed by atoms with E-state index in [1.807, 2.05) is 0 Å². The third-order valence-electron chi connectivity index (χ3n) is 7.09. The maximum atomic E-state index is 14.2. The standard InChI is InChI=1S/C18H14F2O5S.C17H12F2O3/c1-10(25-26(2,22)23)18-15(11-5-3-6-12(19)9-11)17(21)16-13(20)7-4-8-14(16)24-18;1-9(20)17-14(10-4-2-5-11(18)8-10)16(21)15-12(19)6-3-7-13(15)22-17/h3-10H,1-2H3;2-9,20H,1H3. The summed E-state index contributed by atoms with van der Waals surface area (Å²) in [7, 11) is -3.86. The SMILES string of the molecule is CC(O)c1oc2cccc(F)c2c(=O)c1-c1cccc(F)c1.CC(OS(C)(=O)=O)c1oc2cccc(F)c2c(=O)c1-c1cccc(F)c1. The van der Waals surface area contributed by atoms with Crippen LogP contribution in [-0.4, -0.2) is 19.8 Å². The van der Waals surface area contributed by atoms with Crippen molar-refractivity contribution in [2.24, 2.45) is 0 Å². The largest absolute Gasteiger partial charge is 0.457 e. The number of aliphatic hydroxyl groups excluding tert-OH is 1. The van der Waals surface area contributed by atoms with Gasteiger partial charge in [-0.15, -0.1) is 0 Å². The summed E-state index contributed by atoms with van der Waals surface area (Å²) in [5, 5.41) is 9.35. The van der Waals surface area contributed by atoms with Gasteiger partial charge in [0.15, 0.2) is 0 Å². The van der Waals surface area contributed by atoms with Gasteiger partial charge in [0.25, 0.3) is 10.1 Å². The van der Waals surface area contributed by atoms with Gasteiger partial charge in [-0.25, -0.2) is 17.6 Å². The summed E-state index contributed by atoms with van der Waals surface area (Å²) >= 11 is 0. The summed E-state index contributed by atoms with van der Waals surface area (Å²) in [6, 6.07) is 18.2. The Balaban J connectivity index is 0.000000190. The Morgan fingerprint density at radius 2 is 1.08 bits per heavy atom. The summed E-state index contributed by atoms with van der Waals surface area (Å²) in [6.07, 6.45) is -1.42. The van der Waals surface area contributed by atoms with Crippen molar-refractivity contribution in [2.45, 2.75) is 26.1 Å². The number of benzene rings is 4. The van der Waals surface area contributed by atoms with Gasteiger partial charge in [0.2, 0.25) is 10.9 Å². The lowest BCUT2D eigenvalue weighted by molar-refractivity contribution is 0.171. The van der Waals surface area contributed by atoms with Crippen LogP contribution in [-0.2, 0) is 14.3 Å². The molecule has 0 aliphatic rings. The van der Waals surface area contributed by atoms with Crippen LogP contribution in [0.1, 0.15) is 37.6 Å². The minimum atomic E-state index is -3.86. The molecule has 2 unspecified atom stereocenters. The van der Waals surface area contributed by atoms with Gasteiger partial charge >= 0.3 is 0 Å². The Morgan fingerprint density at radius 1 is 0.667 bits per heavy atom. The average Bonchev–Trinajstić information content (AvgIpc) is 3.00. The van der Waals surface area contributed by atoms with Gasteiger partial charge in [-0.3, -0.25) is 13.8 Å². The predicted molar refractivity (Wildman–Crippen MR) is 171 cm³/mol. The van der Waals surface area contributed by atoms with E-state index in [4.69, 9.17) is 13.0 Å². The van der Waals surface area contributed by atoms with Crippen molar-refractivity contribution in [3.63, 3.8) is 0 Å². The fourth-order valence-electron chi connectivity index (χ4n) is 5.15. The maximum absolute atomic E-state index is 14.2. The van der Waals surface area contributed by atoms with Gasteiger partial charge in [-0.1, -0.05) is 36.4 Å². The van der Waals surface area contributed by atoms with Crippen molar-refractivity contribution in [3.05, 3.63) is 140 Å². The molecule has 13 heteroatoms. The van der Waals surface area contributed by atoms with Gasteiger partial charge in [0.05, 0.1) is 17.4 Å². The molecule has 0 amide bonds. The van der Waals surface area contributed by atoms with Crippen LogP contribution in [0.5, 0.6) is 0 Å². The highest BCUT2D eigenvalue weighted by Gasteiger charge is 2.26. The molecule has 0 fully saturated rings. The van der Waals surface area contributed by atoms with E-state index < -0.39 is 56.5 Å². The zero-order valence-corrected chi connectivity index (χ0v) is 26.3. The van der Waals surface area contributed by atoms with E-state index in [1.54, 1.807) is 0 Å². The first-order chi connectivity index (χ1) is 22.7. The van der Waals surface area contributed by atoms with Gasteiger partial charge in [0.1, 0.15) is 68.9 Å². The molecule has 8 nitrogen and oxygen atoms in total. The van der Waals surface area contributed by atoms with Crippen LogP contribution >= 0.6 is 0 Å². The van der Waals surface area contributed by atoms with Gasteiger partial charge in [-0.2, -0.15) is 8.42 Å². The summed E-state index contributed by atoms with van der Waals surface area (Å²) in [5.41, 5.74) is -1.23. The highest BCUT2D eigenvalue weighted by Crippen LogP contribution is 2.33. The Labute approximate surface area is 270 Å². The lowest BCUT2D eigenvalue weighted by Gasteiger charge is -2.15. The number of hydrogen-bond acceptors (Lipinski definition) is 8. The predicted octanol–water partition coefficient (Wildman–Crippen LogP) is 7.57. The summed E-state index contributed by atoms with van der Waals surface area (Å²) < 4.78 is 94.1. The van der Waals surface area contributed by atoms with Crippen LogP contribution in [0.2, 0.25) is 0 Å². The monoisotopic (exact) mass is 682 g/mol. The Kier molecular flexibility index (Phi) is 9.66. The van der Waals surface area contributed by atoms with Crippen molar-refractivity contribution < 1.29 is 44.1 Å². The topological polar surface area (TPSA) is 124 Å². The second-order valence-corrected chi connectivity index (χ2v) is 12.3. The van der Waals surface area contributed by atoms with Crippen LogP contribution in [0.3, 0.4) is 0 Å². The van der Waals surface area contributed by atoms with Gasteiger partial charge < -0.3 is 13.9 Å². The van der Waals surface area contributed by atoms with Crippen molar-refractivity contribution in [1.82, 2.24) is 0 Å². The fourth-order valence-corrected chi connectivity index (χ4v) is 5.77. The molecule has 0 aliphatic heterocycles. The maximum Gasteiger partial charge on any atom is 0.265 e. The molecule has 4 aromatic carbocycles. The fraction of sp³-hybridized carbons (Fsp3) is 0.143. The van der Waals surface area contributed by atoms with E-state index in [1.165, 1.54) is 74.5 Å². The van der Waals surface area contributed by atoms with Crippen LogP contribution in [0.4, 0.5) is 17.6 Å². The zero-order chi connectivity index (χ0) is 34.9. The summed E-state index contributed by atoms with van der Waals surface area (Å²) in [5.74, 6) is -2.82. The number of hydrogen-bond donors (Lipinski definition) is 1. The average molecular weight is 683 g/mol. The van der Waals surface area contributed by atoms with Crippen molar-refractivity contribution in [3.8, 4) is 22.3 Å². The van der Waals surface area contributed by atoms with E-state index in [0.29, 0.717) is 0 Å². The number of halogens is 4. The van der Waals surface area contributed by atoms with Gasteiger partial charge in [-0.05, 0) is 73.5 Å². The smallest absolute Gasteiger partial charge is 0.265 e. The molecule has 2 atom stereocenters. The first-order valence-electron chi connectivity index (χ1n) is 14.2. The highest BCUT2D eigenvalue weighted by atomic mass is 32.2. The Bertz CT molecular complexity index is 2400. The molecule has 0 aliphatic carbocycles. The van der Waals surface area contributed by atoms with E-state index in [9.17, 15) is 40.7 Å². The Morgan fingerprint density at radius 3 is 1.50 bits per heavy atom. The van der Waals surface area contributed by atoms with Crippen LogP contribution in [0, 0.1) is 23.3 Å². The molecule has 2 aromatic heterocycles. The molecule has 0 saturated carbocycles. The minimum Gasteiger partial charge on any atom is -0.457 e. The molecule has 248 valence electrons. The molecular formula is C35H26F4O8S. The third-order valence-corrected chi connectivity index (χ3v) is 7.72. The van der Waals surface area contributed by atoms with Gasteiger partial charge in [0, 0.05) is 0 Å². The lowest BCUT2D eigenvalue weighted by atomic mass is 10.00. The van der Waals surface area contributed by atoms with Crippen molar-refractivity contribution in [2.75, 3.05) is 6.26 Å². The minimum absolute atomic E-state index is 0.0197. The van der Waals surface area contributed by atoms with Crippen LogP contribution in [0.25, 0.3) is 44.2 Å². The normalized spacial score (nSPS) is 12.8. The van der Waals surface area contributed by atoms with Crippen molar-refractivity contribution >= 4 is 32.1 Å². The molecule has 2 heterocycles. The molecule has 0 saturated heterocycles. The van der Waals surface area contributed by atoms with E-state index >= 15 is 0 Å². The molecule has 0 bridgehead atoms. The molecular weight excluding hydrogens is 656 g/mol. The first kappa shape index (κ1) is 34.2. The second-order valence-electron chi connectivity index (χ2n) is 10.7. The van der Waals surface area contributed by atoms with Crippen molar-refractivity contribution in [1.29, 1.82) is 0 Å². The third kappa shape index (κ3) is 7.08. The summed E-state index contributed by atoms with van der Waals surface area (Å²) in [4.78, 5) is 25.6.